The van der Waals surface area contributed by atoms with Crippen molar-refractivity contribution in [1.82, 2.24) is 29.5 Å². The summed E-state index contributed by atoms with van der Waals surface area (Å²) in [6, 6.07) is 11.7. The first kappa shape index (κ1) is 30.9. The van der Waals surface area contributed by atoms with E-state index in [0.29, 0.717) is 33.2 Å². The maximum Gasteiger partial charge on any atom is 0.346 e. The Morgan fingerprint density at radius 2 is 1.91 bits per heavy atom. The molecule has 6 rings (SSSR count). The summed E-state index contributed by atoms with van der Waals surface area (Å²) >= 11 is 8.31. The topological polar surface area (TPSA) is 106 Å². The molecule has 4 heterocycles. The molecule has 10 nitrogen and oxygen atoms in total. The number of carbonyl (C=O) groups is 1. The Balaban J connectivity index is 1.39. The fourth-order valence-electron chi connectivity index (χ4n) is 5.34. The average molecular weight is 651 g/mol. The molecule has 5 aromatic rings. The van der Waals surface area contributed by atoms with Crippen LogP contribution in [0.3, 0.4) is 0 Å². The van der Waals surface area contributed by atoms with E-state index in [1.165, 1.54) is 34.5 Å². The lowest BCUT2D eigenvalue weighted by Gasteiger charge is -2.32. The highest BCUT2D eigenvalue weighted by atomic mass is 35.5. The summed E-state index contributed by atoms with van der Waals surface area (Å²) in [6.07, 6.45) is 3.31. The number of piperazine rings is 1. The molecule has 1 aliphatic heterocycles. The van der Waals surface area contributed by atoms with Crippen LogP contribution in [0.15, 0.2) is 61.2 Å². The predicted molar refractivity (Wildman–Crippen MR) is 172 cm³/mol. The fraction of sp³-hybridized carbons (Fsp3) is 0.312. The van der Waals surface area contributed by atoms with Gasteiger partial charge in [-0.2, -0.15) is 5.10 Å². The van der Waals surface area contributed by atoms with E-state index in [-0.39, 0.29) is 18.2 Å². The monoisotopic (exact) mass is 650 g/mol. The van der Waals surface area contributed by atoms with Crippen molar-refractivity contribution >= 4 is 39.1 Å². The number of benzene rings is 2. The first-order valence-electron chi connectivity index (χ1n) is 14.5. The van der Waals surface area contributed by atoms with Gasteiger partial charge in [0.15, 0.2) is 0 Å². The molecule has 2 aromatic carbocycles. The Hall–Kier alpha value is -4.10. The van der Waals surface area contributed by atoms with Crippen LogP contribution in [-0.2, 0) is 11.3 Å². The van der Waals surface area contributed by atoms with Crippen LogP contribution in [-0.4, -0.2) is 93.1 Å². The molecule has 13 heteroatoms. The van der Waals surface area contributed by atoms with Gasteiger partial charge in [0.1, 0.15) is 29.3 Å². The number of ether oxygens (including phenoxy) is 2. The summed E-state index contributed by atoms with van der Waals surface area (Å²) < 4.78 is 27.6. The zero-order valence-electron chi connectivity index (χ0n) is 24.8. The Morgan fingerprint density at radius 3 is 2.62 bits per heavy atom. The highest BCUT2D eigenvalue weighted by Gasteiger charge is 2.28. The van der Waals surface area contributed by atoms with Gasteiger partial charge in [0.2, 0.25) is 12.0 Å². The highest BCUT2D eigenvalue weighted by Crippen LogP contribution is 2.49. The van der Waals surface area contributed by atoms with Crippen molar-refractivity contribution in [2.24, 2.45) is 0 Å². The van der Waals surface area contributed by atoms with E-state index in [2.05, 4.69) is 31.9 Å². The second-order valence-corrected chi connectivity index (χ2v) is 12.3. The minimum Gasteiger partial charge on any atom is -0.491 e. The van der Waals surface area contributed by atoms with Crippen molar-refractivity contribution in [3.8, 4) is 33.2 Å². The fourth-order valence-corrected chi connectivity index (χ4v) is 6.71. The van der Waals surface area contributed by atoms with Gasteiger partial charge in [0, 0.05) is 55.6 Å². The first-order chi connectivity index (χ1) is 21.8. The van der Waals surface area contributed by atoms with E-state index in [9.17, 15) is 14.3 Å². The molecule has 0 unspecified atom stereocenters. The molecule has 0 saturated carbocycles. The van der Waals surface area contributed by atoms with Gasteiger partial charge in [-0.1, -0.05) is 29.8 Å². The van der Waals surface area contributed by atoms with Gasteiger partial charge in [-0.05, 0) is 54.9 Å². The zero-order valence-corrected chi connectivity index (χ0v) is 26.4. The molecule has 1 N–H and O–H groups in total. The van der Waals surface area contributed by atoms with Crippen LogP contribution in [0, 0.1) is 12.7 Å². The van der Waals surface area contributed by atoms with Crippen LogP contribution in [0.1, 0.15) is 5.56 Å². The summed E-state index contributed by atoms with van der Waals surface area (Å²) in [5.74, 6) is -0.828. The maximum absolute atomic E-state index is 13.9. The summed E-state index contributed by atoms with van der Waals surface area (Å²) in [5.41, 5.74) is 3.01. The molecular weight excluding hydrogens is 619 g/mol. The second-order valence-electron chi connectivity index (χ2n) is 10.9. The van der Waals surface area contributed by atoms with Crippen molar-refractivity contribution in [3.05, 3.63) is 77.6 Å². The number of rotatable bonds is 11. The maximum atomic E-state index is 13.9. The van der Waals surface area contributed by atoms with Crippen molar-refractivity contribution in [2.45, 2.75) is 19.6 Å². The number of carboxylic acids is 1. The second kappa shape index (κ2) is 13.5. The molecule has 234 valence electrons. The third kappa shape index (κ3) is 6.79. The van der Waals surface area contributed by atoms with Gasteiger partial charge in [-0.25, -0.2) is 19.2 Å². The molecule has 3 aromatic heterocycles. The Labute approximate surface area is 268 Å². The molecule has 0 aliphatic carbocycles. The van der Waals surface area contributed by atoms with Crippen molar-refractivity contribution < 1.29 is 23.8 Å². The predicted octanol–water partition coefficient (Wildman–Crippen LogP) is 5.48. The molecule has 45 heavy (non-hydrogen) atoms. The van der Waals surface area contributed by atoms with Crippen LogP contribution in [0.5, 0.6) is 11.6 Å². The van der Waals surface area contributed by atoms with E-state index in [1.807, 2.05) is 19.1 Å². The molecule has 0 radical (unpaired) electrons. The minimum atomic E-state index is -1.27. The molecule has 0 amide bonds. The Morgan fingerprint density at radius 1 is 1.13 bits per heavy atom. The van der Waals surface area contributed by atoms with Crippen molar-refractivity contribution in [3.63, 3.8) is 0 Å². The molecular formula is C32H32ClFN6O4S. The molecule has 1 aliphatic rings. The third-order valence-corrected chi connectivity index (χ3v) is 9.50. The van der Waals surface area contributed by atoms with Gasteiger partial charge in [-0.15, -0.1) is 11.3 Å². The van der Waals surface area contributed by atoms with Gasteiger partial charge >= 0.3 is 5.97 Å². The number of nitrogens with zero attached hydrogens (tertiary/aromatic N) is 6. The zero-order chi connectivity index (χ0) is 31.5. The standard InChI is InChI=1S/C32H32ClFN6O4S/c1-20-23(8-9-24(28(20)33)43-17-16-39-14-12-38(2)13-15-39)26-27-30(44-25(32(41)42)18-40-11-3-10-37-40)35-19-36-31(27)45-29(26)21-4-6-22(34)7-5-21/h3-11,19,25H,12-18H2,1-2H3,(H,41,42)/t25-/m1/s1. The quantitative estimate of drug-likeness (QED) is 0.199. The highest BCUT2D eigenvalue weighted by molar-refractivity contribution is 7.22. The van der Waals surface area contributed by atoms with E-state index in [4.69, 9.17) is 21.1 Å². The van der Waals surface area contributed by atoms with Crippen LogP contribution < -0.4 is 9.47 Å². The third-order valence-electron chi connectivity index (χ3n) is 7.88. The first-order valence-corrected chi connectivity index (χ1v) is 15.7. The number of hydrogen-bond acceptors (Lipinski definition) is 9. The molecule has 0 spiro atoms. The number of aliphatic carboxylic acids is 1. The van der Waals surface area contributed by atoms with Crippen molar-refractivity contribution in [2.75, 3.05) is 46.4 Å². The average Bonchev–Trinajstić information content (AvgIpc) is 3.69. The molecule has 1 atom stereocenters. The number of thiophene rings is 1. The Bertz CT molecular complexity index is 1790. The molecule has 0 bridgehead atoms. The van der Waals surface area contributed by atoms with Crippen LogP contribution in [0.2, 0.25) is 5.02 Å². The normalized spacial score (nSPS) is 14.9. The summed E-state index contributed by atoms with van der Waals surface area (Å²) in [4.78, 5) is 27.2. The lowest BCUT2D eigenvalue weighted by Crippen LogP contribution is -2.45. The number of halogens is 2. The van der Waals surface area contributed by atoms with Crippen molar-refractivity contribution in [1.29, 1.82) is 0 Å². The summed E-state index contributed by atoms with van der Waals surface area (Å²) in [6.45, 7) is 7.25. The van der Waals surface area contributed by atoms with Gasteiger partial charge in [0.05, 0.1) is 17.0 Å². The molecule has 1 saturated heterocycles. The van der Waals surface area contributed by atoms with E-state index in [0.717, 1.165) is 54.3 Å². The van der Waals surface area contributed by atoms with E-state index in [1.54, 1.807) is 30.6 Å². The Kier molecular flexibility index (Phi) is 9.27. The van der Waals surface area contributed by atoms with E-state index < -0.39 is 12.1 Å². The minimum absolute atomic E-state index is 0.0247. The number of likely N-dealkylation sites (N-methyl/N-ethyl adjacent to an activating group) is 1. The smallest absolute Gasteiger partial charge is 0.346 e. The number of fused-ring (bicyclic) bond motifs is 1. The SMILES string of the molecule is Cc1c(-c2c(-c3ccc(F)cc3)sc3ncnc(O[C@H](Cn4cccn4)C(=O)O)c23)ccc(OCCN2CCN(C)CC2)c1Cl. The van der Waals surface area contributed by atoms with Gasteiger partial charge in [0.25, 0.3) is 0 Å². The van der Waals surface area contributed by atoms with E-state index >= 15 is 0 Å². The number of hydrogen-bond donors (Lipinski definition) is 1. The number of aromatic nitrogens is 4. The largest absolute Gasteiger partial charge is 0.491 e. The summed E-state index contributed by atoms with van der Waals surface area (Å²) in [5, 5.41) is 15.1. The van der Waals surface area contributed by atoms with Crippen LogP contribution in [0.4, 0.5) is 4.39 Å². The van der Waals surface area contributed by atoms with Gasteiger partial charge in [-0.3, -0.25) is 9.58 Å². The molecule has 1 fully saturated rings. The van der Waals surface area contributed by atoms with Crippen LogP contribution >= 0.6 is 22.9 Å². The number of carboxylic acid groups (broad SMARTS) is 1. The van der Waals surface area contributed by atoms with Gasteiger partial charge < -0.3 is 19.5 Å². The van der Waals surface area contributed by atoms with Crippen LogP contribution in [0.25, 0.3) is 31.8 Å². The summed E-state index contributed by atoms with van der Waals surface area (Å²) in [7, 11) is 2.13. The lowest BCUT2D eigenvalue weighted by atomic mass is 9.96. The lowest BCUT2D eigenvalue weighted by molar-refractivity contribution is -0.145.